The van der Waals surface area contributed by atoms with Gasteiger partial charge in [0.1, 0.15) is 11.5 Å². The molecule has 3 rings (SSSR count). The molecule has 0 radical (unpaired) electrons. The number of rotatable bonds is 5. The first-order chi connectivity index (χ1) is 12.4. The van der Waals surface area contributed by atoms with Crippen LogP contribution in [-0.2, 0) is 10.0 Å². The molecule has 1 heterocycles. The molecule has 2 aromatic rings. The summed E-state index contributed by atoms with van der Waals surface area (Å²) < 4.78 is 39.1. The van der Waals surface area contributed by atoms with Gasteiger partial charge in [0.15, 0.2) is 0 Å². The highest BCUT2D eigenvalue weighted by molar-refractivity contribution is 7.89. The summed E-state index contributed by atoms with van der Waals surface area (Å²) in [6.45, 7) is 4.31. The average molecular weight is 375 g/mol. The van der Waals surface area contributed by atoms with Gasteiger partial charge in [0.05, 0.1) is 25.2 Å². The molecule has 5 nitrogen and oxygen atoms in total. The summed E-state index contributed by atoms with van der Waals surface area (Å²) in [4.78, 5) is 0.372. The van der Waals surface area contributed by atoms with Gasteiger partial charge in [0, 0.05) is 12.1 Å². The van der Waals surface area contributed by atoms with Crippen LogP contribution in [0, 0.1) is 13.8 Å². The van der Waals surface area contributed by atoms with Crippen LogP contribution in [-0.4, -0.2) is 33.5 Å². The van der Waals surface area contributed by atoms with E-state index < -0.39 is 10.0 Å². The quantitative estimate of drug-likeness (QED) is 0.797. The molecule has 1 aliphatic heterocycles. The Kier molecular flexibility index (Phi) is 5.25. The Morgan fingerprint density at radius 1 is 1.04 bits per heavy atom. The second-order valence-corrected chi connectivity index (χ2v) is 8.51. The van der Waals surface area contributed by atoms with E-state index in [1.165, 1.54) is 0 Å². The van der Waals surface area contributed by atoms with Gasteiger partial charge >= 0.3 is 0 Å². The lowest BCUT2D eigenvalue weighted by Crippen LogP contribution is -2.31. The summed E-state index contributed by atoms with van der Waals surface area (Å²) in [6, 6.07) is 10.7. The van der Waals surface area contributed by atoms with E-state index in [2.05, 4.69) is 0 Å². The van der Waals surface area contributed by atoms with Gasteiger partial charge in [-0.25, -0.2) is 8.42 Å². The van der Waals surface area contributed by atoms with Gasteiger partial charge in [-0.3, -0.25) is 0 Å². The molecule has 0 N–H and O–H groups in total. The minimum absolute atomic E-state index is 0.259. The van der Waals surface area contributed by atoms with E-state index in [0.29, 0.717) is 22.9 Å². The first-order valence-corrected chi connectivity index (χ1v) is 10.1. The van der Waals surface area contributed by atoms with Crippen molar-refractivity contribution in [1.29, 1.82) is 0 Å². The molecular formula is C20H25NO4S. The van der Waals surface area contributed by atoms with E-state index in [1.807, 2.05) is 44.2 Å². The van der Waals surface area contributed by atoms with Gasteiger partial charge in [-0.1, -0.05) is 17.7 Å². The van der Waals surface area contributed by atoms with Gasteiger partial charge in [-0.2, -0.15) is 4.31 Å². The van der Waals surface area contributed by atoms with Gasteiger partial charge in [-0.15, -0.1) is 0 Å². The van der Waals surface area contributed by atoms with E-state index in [0.717, 1.165) is 29.5 Å². The second-order valence-electron chi connectivity index (χ2n) is 6.65. The van der Waals surface area contributed by atoms with E-state index in [4.69, 9.17) is 9.47 Å². The normalized spacial score (nSPS) is 18.1. The van der Waals surface area contributed by atoms with Crippen LogP contribution in [0.2, 0.25) is 0 Å². The smallest absolute Gasteiger partial charge is 0.243 e. The standard InChI is InChI=1S/C20H25NO4S/c1-14-7-10-20(15(2)12-14)26(22,23)21-11-5-6-18(21)17-13-16(24-3)8-9-19(17)25-4/h7-10,12-13,18H,5-6,11H2,1-4H3/t18-/m0/s1. The Morgan fingerprint density at radius 3 is 2.46 bits per heavy atom. The van der Waals surface area contributed by atoms with Gasteiger partial charge in [-0.05, 0) is 56.5 Å². The lowest BCUT2D eigenvalue weighted by atomic mass is 10.0. The highest BCUT2D eigenvalue weighted by Gasteiger charge is 2.38. The Hall–Kier alpha value is -2.05. The maximum atomic E-state index is 13.4. The molecule has 26 heavy (non-hydrogen) atoms. The molecule has 0 unspecified atom stereocenters. The van der Waals surface area contributed by atoms with Gasteiger partial charge in [0.25, 0.3) is 0 Å². The zero-order chi connectivity index (χ0) is 18.9. The number of sulfonamides is 1. The molecule has 0 aliphatic carbocycles. The van der Waals surface area contributed by atoms with Crippen molar-refractivity contribution in [3.05, 3.63) is 53.1 Å². The molecule has 0 amide bonds. The van der Waals surface area contributed by atoms with Crippen LogP contribution in [0.25, 0.3) is 0 Å². The fraction of sp³-hybridized carbons (Fsp3) is 0.400. The van der Waals surface area contributed by atoms with E-state index in [-0.39, 0.29) is 6.04 Å². The number of aryl methyl sites for hydroxylation is 2. The molecular weight excluding hydrogens is 350 g/mol. The molecule has 0 saturated carbocycles. The lowest BCUT2D eigenvalue weighted by molar-refractivity contribution is 0.361. The molecule has 1 fully saturated rings. The zero-order valence-corrected chi connectivity index (χ0v) is 16.5. The Morgan fingerprint density at radius 2 is 1.81 bits per heavy atom. The number of hydrogen-bond acceptors (Lipinski definition) is 4. The molecule has 2 aromatic carbocycles. The SMILES string of the molecule is COc1ccc(OC)c([C@@H]2CCCN2S(=O)(=O)c2ccc(C)cc2C)c1. The van der Waals surface area contributed by atoms with E-state index in [9.17, 15) is 8.42 Å². The van der Waals surface area contributed by atoms with Crippen LogP contribution < -0.4 is 9.47 Å². The summed E-state index contributed by atoms with van der Waals surface area (Å²) in [5.41, 5.74) is 2.67. The number of ether oxygens (including phenoxy) is 2. The van der Waals surface area contributed by atoms with Crippen LogP contribution in [0.3, 0.4) is 0 Å². The highest BCUT2D eigenvalue weighted by atomic mass is 32.2. The first kappa shape index (κ1) is 18.7. The van der Waals surface area contributed by atoms with Gasteiger partial charge < -0.3 is 9.47 Å². The molecule has 6 heteroatoms. The van der Waals surface area contributed by atoms with E-state index in [1.54, 1.807) is 24.6 Å². The van der Waals surface area contributed by atoms with Crippen LogP contribution in [0.4, 0.5) is 0 Å². The zero-order valence-electron chi connectivity index (χ0n) is 15.7. The minimum Gasteiger partial charge on any atom is -0.497 e. The third-order valence-electron chi connectivity index (χ3n) is 4.92. The maximum absolute atomic E-state index is 13.4. The number of nitrogens with zero attached hydrogens (tertiary/aromatic N) is 1. The largest absolute Gasteiger partial charge is 0.497 e. The third kappa shape index (κ3) is 3.31. The molecule has 0 spiro atoms. The molecule has 140 valence electrons. The Labute approximate surface area is 155 Å². The summed E-state index contributed by atoms with van der Waals surface area (Å²) >= 11 is 0. The van der Waals surface area contributed by atoms with Crippen molar-refractivity contribution in [2.45, 2.75) is 37.6 Å². The summed E-state index contributed by atoms with van der Waals surface area (Å²) in [5, 5.41) is 0. The predicted molar refractivity (Wildman–Crippen MR) is 101 cm³/mol. The summed E-state index contributed by atoms with van der Waals surface area (Å²) in [5.74, 6) is 1.37. The Balaban J connectivity index is 2.06. The predicted octanol–water partition coefficient (Wildman–Crippen LogP) is 3.85. The molecule has 0 bridgehead atoms. The molecule has 1 saturated heterocycles. The van der Waals surface area contributed by atoms with Crippen molar-refractivity contribution >= 4 is 10.0 Å². The molecule has 0 aromatic heterocycles. The summed E-state index contributed by atoms with van der Waals surface area (Å²) in [6.07, 6.45) is 1.57. The number of hydrogen-bond donors (Lipinski definition) is 0. The van der Waals surface area contributed by atoms with Crippen molar-refractivity contribution in [2.75, 3.05) is 20.8 Å². The summed E-state index contributed by atoms with van der Waals surface area (Å²) in [7, 11) is -0.389. The van der Waals surface area contributed by atoms with Crippen molar-refractivity contribution in [2.24, 2.45) is 0 Å². The van der Waals surface area contributed by atoms with Crippen molar-refractivity contribution < 1.29 is 17.9 Å². The monoisotopic (exact) mass is 375 g/mol. The van der Waals surface area contributed by atoms with Crippen molar-refractivity contribution in [3.8, 4) is 11.5 Å². The fourth-order valence-electron chi connectivity index (χ4n) is 3.65. The van der Waals surface area contributed by atoms with Crippen LogP contribution in [0.1, 0.15) is 35.6 Å². The van der Waals surface area contributed by atoms with E-state index >= 15 is 0 Å². The van der Waals surface area contributed by atoms with Crippen LogP contribution >= 0.6 is 0 Å². The molecule has 1 atom stereocenters. The third-order valence-corrected chi connectivity index (χ3v) is 6.99. The second kappa shape index (κ2) is 7.29. The van der Waals surface area contributed by atoms with Crippen molar-refractivity contribution in [3.63, 3.8) is 0 Å². The molecule has 1 aliphatic rings. The van der Waals surface area contributed by atoms with Crippen LogP contribution in [0.5, 0.6) is 11.5 Å². The van der Waals surface area contributed by atoms with Crippen molar-refractivity contribution in [1.82, 2.24) is 4.31 Å². The fourth-order valence-corrected chi connectivity index (χ4v) is 5.54. The average Bonchev–Trinajstić information content (AvgIpc) is 3.11. The highest BCUT2D eigenvalue weighted by Crippen LogP contribution is 2.42. The van der Waals surface area contributed by atoms with Gasteiger partial charge in [0.2, 0.25) is 10.0 Å². The first-order valence-electron chi connectivity index (χ1n) is 8.69. The van der Waals surface area contributed by atoms with Crippen LogP contribution in [0.15, 0.2) is 41.3 Å². The topological polar surface area (TPSA) is 55.8 Å². The minimum atomic E-state index is -3.59. The lowest BCUT2D eigenvalue weighted by Gasteiger charge is -2.26. The Bertz CT molecular complexity index is 908. The maximum Gasteiger partial charge on any atom is 0.243 e. The number of methoxy groups -OCH3 is 2. The number of benzene rings is 2.